The van der Waals surface area contributed by atoms with E-state index in [2.05, 4.69) is 0 Å². The highest BCUT2D eigenvalue weighted by Gasteiger charge is 2.13. The summed E-state index contributed by atoms with van der Waals surface area (Å²) in [7, 11) is -1.81. The van der Waals surface area contributed by atoms with E-state index in [1.54, 1.807) is 18.2 Å². The molecule has 4 nitrogen and oxygen atoms in total. The lowest BCUT2D eigenvalue weighted by atomic mass is 10.0. The summed E-state index contributed by atoms with van der Waals surface area (Å²) in [6, 6.07) is 10.5. The van der Waals surface area contributed by atoms with Crippen molar-refractivity contribution in [3.63, 3.8) is 0 Å². The molecule has 0 saturated carbocycles. The number of hydrogen-bond donors (Lipinski definition) is 0. The number of carbonyl (C=O) groups excluding carboxylic acids is 1. The first kappa shape index (κ1) is 15.5. The first-order valence-corrected chi connectivity index (χ1v) is 8.28. The molecule has 0 bridgehead atoms. The SMILES string of the molecule is COc1cc(C(=O)c2ccc(S(C)(=O)=O)cc2)ccc1Cl. The van der Waals surface area contributed by atoms with Gasteiger partial charge < -0.3 is 4.74 Å². The second kappa shape index (κ2) is 5.87. The number of hydrogen-bond acceptors (Lipinski definition) is 4. The average molecular weight is 325 g/mol. The first-order valence-electron chi connectivity index (χ1n) is 6.01. The second-order valence-electron chi connectivity index (χ2n) is 4.47. The maximum absolute atomic E-state index is 12.3. The van der Waals surface area contributed by atoms with Crippen LogP contribution >= 0.6 is 11.6 Å². The molecule has 0 atom stereocenters. The predicted molar refractivity (Wildman–Crippen MR) is 81.0 cm³/mol. The van der Waals surface area contributed by atoms with Crippen LogP contribution in [0.5, 0.6) is 5.75 Å². The van der Waals surface area contributed by atoms with Crippen LogP contribution in [-0.4, -0.2) is 27.6 Å². The van der Waals surface area contributed by atoms with Gasteiger partial charge in [-0.05, 0) is 42.5 Å². The van der Waals surface area contributed by atoms with Crippen LogP contribution in [0.1, 0.15) is 15.9 Å². The van der Waals surface area contributed by atoms with Gasteiger partial charge in [-0.25, -0.2) is 8.42 Å². The first-order chi connectivity index (χ1) is 9.82. The van der Waals surface area contributed by atoms with Gasteiger partial charge in [0.05, 0.1) is 17.0 Å². The predicted octanol–water partition coefficient (Wildman–Crippen LogP) is 2.98. The highest BCUT2D eigenvalue weighted by Crippen LogP contribution is 2.26. The number of benzene rings is 2. The van der Waals surface area contributed by atoms with E-state index in [0.29, 0.717) is 21.9 Å². The molecule has 0 aromatic heterocycles. The molecule has 2 aromatic carbocycles. The van der Waals surface area contributed by atoms with Gasteiger partial charge in [0.25, 0.3) is 0 Å². The Morgan fingerprint density at radius 3 is 2.14 bits per heavy atom. The molecular formula is C15H13ClO4S. The summed E-state index contributed by atoms with van der Waals surface area (Å²) in [4.78, 5) is 12.5. The number of halogens is 1. The van der Waals surface area contributed by atoms with E-state index < -0.39 is 9.84 Å². The zero-order valence-corrected chi connectivity index (χ0v) is 13.0. The standard InChI is InChI=1S/C15H13ClO4S/c1-20-14-9-11(5-8-13(14)16)15(17)10-3-6-12(7-4-10)21(2,18)19/h3-9H,1-2H3. The summed E-state index contributed by atoms with van der Waals surface area (Å²) >= 11 is 5.92. The van der Waals surface area contributed by atoms with Crippen LogP contribution in [0.3, 0.4) is 0 Å². The minimum atomic E-state index is -3.27. The lowest BCUT2D eigenvalue weighted by Crippen LogP contribution is -2.03. The zero-order chi connectivity index (χ0) is 15.6. The maximum Gasteiger partial charge on any atom is 0.193 e. The average Bonchev–Trinajstić information content (AvgIpc) is 2.46. The van der Waals surface area contributed by atoms with Crippen molar-refractivity contribution < 1.29 is 17.9 Å². The molecule has 0 N–H and O–H groups in total. The smallest absolute Gasteiger partial charge is 0.193 e. The summed E-state index contributed by atoms with van der Waals surface area (Å²) < 4.78 is 27.8. The van der Waals surface area contributed by atoms with Gasteiger partial charge in [0.15, 0.2) is 15.6 Å². The summed E-state index contributed by atoms with van der Waals surface area (Å²) in [6.45, 7) is 0. The highest BCUT2D eigenvalue weighted by molar-refractivity contribution is 7.90. The summed E-state index contributed by atoms with van der Waals surface area (Å²) in [5, 5.41) is 0.418. The molecule has 0 amide bonds. The summed E-state index contributed by atoms with van der Waals surface area (Å²) in [6.07, 6.45) is 1.12. The van der Waals surface area contributed by atoms with Gasteiger partial charge in [-0.3, -0.25) is 4.79 Å². The number of carbonyl (C=O) groups is 1. The minimum Gasteiger partial charge on any atom is -0.495 e. The molecule has 6 heteroatoms. The molecular weight excluding hydrogens is 312 g/mol. The van der Waals surface area contributed by atoms with Crippen LogP contribution in [-0.2, 0) is 9.84 Å². The van der Waals surface area contributed by atoms with Crippen molar-refractivity contribution in [1.29, 1.82) is 0 Å². The van der Waals surface area contributed by atoms with Gasteiger partial charge in [0, 0.05) is 17.4 Å². The van der Waals surface area contributed by atoms with Crippen molar-refractivity contribution in [2.45, 2.75) is 4.90 Å². The fourth-order valence-electron chi connectivity index (χ4n) is 1.82. The van der Waals surface area contributed by atoms with E-state index in [0.717, 1.165) is 6.26 Å². The van der Waals surface area contributed by atoms with E-state index in [1.165, 1.54) is 31.4 Å². The van der Waals surface area contributed by atoms with Gasteiger partial charge in [-0.1, -0.05) is 11.6 Å². The molecule has 0 aliphatic heterocycles. The number of sulfone groups is 1. The maximum atomic E-state index is 12.3. The molecule has 0 heterocycles. The van der Waals surface area contributed by atoms with Crippen molar-refractivity contribution in [2.24, 2.45) is 0 Å². The monoisotopic (exact) mass is 324 g/mol. The number of rotatable bonds is 4. The topological polar surface area (TPSA) is 60.4 Å². The third kappa shape index (κ3) is 3.43. The Morgan fingerprint density at radius 1 is 1.05 bits per heavy atom. The normalized spacial score (nSPS) is 11.2. The van der Waals surface area contributed by atoms with Crippen LogP contribution in [0.4, 0.5) is 0 Å². The molecule has 2 rings (SSSR count). The van der Waals surface area contributed by atoms with Crippen LogP contribution < -0.4 is 4.74 Å². The van der Waals surface area contributed by atoms with Crippen LogP contribution in [0.15, 0.2) is 47.4 Å². The highest BCUT2D eigenvalue weighted by atomic mass is 35.5. The molecule has 0 fully saturated rings. The molecule has 0 spiro atoms. The van der Waals surface area contributed by atoms with E-state index in [9.17, 15) is 13.2 Å². The van der Waals surface area contributed by atoms with Crippen molar-refractivity contribution in [3.05, 3.63) is 58.6 Å². The van der Waals surface area contributed by atoms with Crippen molar-refractivity contribution in [1.82, 2.24) is 0 Å². The summed E-state index contributed by atoms with van der Waals surface area (Å²) in [5.41, 5.74) is 0.815. The molecule has 0 unspecified atom stereocenters. The van der Waals surface area contributed by atoms with Crippen LogP contribution in [0, 0.1) is 0 Å². The molecule has 21 heavy (non-hydrogen) atoms. The largest absolute Gasteiger partial charge is 0.495 e. The van der Waals surface area contributed by atoms with Crippen molar-refractivity contribution in [2.75, 3.05) is 13.4 Å². The Balaban J connectivity index is 2.36. The Bertz CT molecular complexity index is 780. The Hall–Kier alpha value is -1.85. The third-order valence-corrected chi connectivity index (χ3v) is 4.40. The lowest BCUT2D eigenvalue weighted by Gasteiger charge is -2.06. The van der Waals surface area contributed by atoms with Gasteiger partial charge in [0.1, 0.15) is 5.75 Å². The number of ether oxygens (including phenoxy) is 1. The number of methoxy groups -OCH3 is 1. The van der Waals surface area contributed by atoms with Gasteiger partial charge in [0.2, 0.25) is 0 Å². The van der Waals surface area contributed by atoms with Crippen molar-refractivity contribution >= 4 is 27.2 Å². The Labute approximate surface area is 128 Å². The van der Waals surface area contributed by atoms with Gasteiger partial charge in [-0.2, -0.15) is 0 Å². The molecule has 2 aromatic rings. The van der Waals surface area contributed by atoms with E-state index >= 15 is 0 Å². The van der Waals surface area contributed by atoms with E-state index in [-0.39, 0.29) is 10.7 Å². The molecule has 0 aliphatic carbocycles. The third-order valence-electron chi connectivity index (χ3n) is 2.96. The fourth-order valence-corrected chi connectivity index (χ4v) is 2.65. The van der Waals surface area contributed by atoms with Crippen LogP contribution in [0.2, 0.25) is 5.02 Å². The van der Waals surface area contributed by atoms with Gasteiger partial charge in [-0.15, -0.1) is 0 Å². The van der Waals surface area contributed by atoms with Gasteiger partial charge >= 0.3 is 0 Å². The molecule has 0 radical (unpaired) electrons. The van der Waals surface area contributed by atoms with Crippen molar-refractivity contribution in [3.8, 4) is 5.75 Å². The minimum absolute atomic E-state index is 0.174. The second-order valence-corrected chi connectivity index (χ2v) is 6.90. The molecule has 0 saturated heterocycles. The number of ketones is 1. The Morgan fingerprint density at radius 2 is 1.62 bits per heavy atom. The Kier molecular flexibility index (Phi) is 4.34. The molecule has 110 valence electrons. The summed E-state index contributed by atoms with van der Waals surface area (Å²) in [5.74, 6) is 0.181. The van der Waals surface area contributed by atoms with Crippen LogP contribution in [0.25, 0.3) is 0 Å². The van der Waals surface area contributed by atoms with E-state index in [1.807, 2.05) is 0 Å². The quantitative estimate of drug-likeness (QED) is 0.811. The zero-order valence-electron chi connectivity index (χ0n) is 11.5. The lowest BCUT2D eigenvalue weighted by molar-refractivity contribution is 0.103. The molecule has 0 aliphatic rings. The fraction of sp³-hybridized carbons (Fsp3) is 0.133. The van der Waals surface area contributed by atoms with E-state index in [4.69, 9.17) is 16.3 Å².